The van der Waals surface area contributed by atoms with Crippen LogP contribution in [0.4, 0.5) is 4.39 Å². The number of H-pyrrole nitrogens is 1. The van der Waals surface area contributed by atoms with Crippen LogP contribution in [0.5, 0.6) is 11.8 Å². The second-order valence-electron chi connectivity index (χ2n) is 8.43. The quantitative estimate of drug-likeness (QED) is 0.578. The van der Waals surface area contributed by atoms with Gasteiger partial charge >= 0.3 is 0 Å². The molecule has 10 heteroatoms. The summed E-state index contributed by atoms with van der Waals surface area (Å²) in [5, 5.41) is 2.93. The maximum absolute atomic E-state index is 15.8. The molecule has 8 nitrogen and oxygen atoms in total. The maximum Gasteiger partial charge on any atom is 0.258 e. The van der Waals surface area contributed by atoms with Gasteiger partial charge in [-0.15, -0.1) is 0 Å². The van der Waals surface area contributed by atoms with Crippen LogP contribution < -0.4 is 10.1 Å². The van der Waals surface area contributed by atoms with E-state index in [0.717, 1.165) is 34.6 Å². The number of aromatic amines is 1. The van der Waals surface area contributed by atoms with E-state index >= 15 is 4.39 Å². The highest BCUT2D eigenvalue weighted by molar-refractivity contribution is 6.28. The van der Waals surface area contributed by atoms with Crippen LogP contribution in [-0.2, 0) is 32.2 Å². The Morgan fingerprint density at radius 3 is 2.88 bits per heavy atom. The number of hydrogen-bond donors (Lipinski definition) is 2. The number of rotatable bonds is 2. The summed E-state index contributed by atoms with van der Waals surface area (Å²) in [6, 6.07) is 0. The topological polar surface area (TPSA) is 96.0 Å². The van der Waals surface area contributed by atoms with E-state index in [0.29, 0.717) is 55.6 Å². The third kappa shape index (κ3) is 2.99. The van der Waals surface area contributed by atoms with Crippen LogP contribution in [0, 0.1) is 5.82 Å². The Balaban J connectivity index is 1.44. The summed E-state index contributed by atoms with van der Waals surface area (Å²) in [5.74, 6) is -0.602. The molecule has 0 saturated carbocycles. The zero-order valence-electron chi connectivity index (χ0n) is 17.4. The first kappa shape index (κ1) is 19.6. The molecule has 3 aromatic rings. The summed E-state index contributed by atoms with van der Waals surface area (Å²) >= 11 is 6.11. The van der Waals surface area contributed by atoms with Crippen molar-refractivity contribution in [3.63, 3.8) is 0 Å². The van der Waals surface area contributed by atoms with Gasteiger partial charge in [-0.1, -0.05) is 0 Å². The van der Waals surface area contributed by atoms with Crippen LogP contribution in [0.3, 0.4) is 0 Å². The molecule has 1 amide bonds. The molecule has 0 fully saturated rings. The van der Waals surface area contributed by atoms with Crippen molar-refractivity contribution in [1.82, 2.24) is 30.2 Å². The van der Waals surface area contributed by atoms with Gasteiger partial charge in [-0.05, 0) is 49.0 Å². The van der Waals surface area contributed by atoms with Crippen molar-refractivity contribution < 1.29 is 13.9 Å². The first-order valence-corrected chi connectivity index (χ1v) is 11.0. The molecule has 3 aromatic heterocycles. The van der Waals surface area contributed by atoms with E-state index in [9.17, 15) is 4.79 Å². The van der Waals surface area contributed by atoms with E-state index in [-0.39, 0.29) is 23.0 Å². The number of carbonyl (C=O) groups excluding carboxylic acids is 1. The normalized spacial score (nSPS) is 17.2. The van der Waals surface area contributed by atoms with E-state index in [1.807, 2.05) is 7.05 Å². The fraction of sp³-hybridized carbons (Fsp3) is 0.364. The minimum absolute atomic E-state index is 0.0535. The Labute approximate surface area is 188 Å². The van der Waals surface area contributed by atoms with Gasteiger partial charge in [0.2, 0.25) is 11.2 Å². The molecule has 0 saturated heterocycles. The smallest absolute Gasteiger partial charge is 0.258 e. The molecule has 0 radical (unpaired) electrons. The molecule has 2 N–H and O–H groups in total. The minimum Gasteiger partial charge on any atom is -0.417 e. The average molecular weight is 455 g/mol. The molecular formula is C22H20ClFN6O2. The number of aromatic nitrogens is 4. The maximum atomic E-state index is 15.8. The van der Waals surface area contributed by atoms with Crippen LogP contribution in [0.25, 0.3) is 11.3 Å². The van der Waals surface area contributed by atoms with Gasteiger partial charge in [0, 0.05) is 49.1 Å². The standard InChI is InChI=1S/C22H20ClFN6O2/c1-30-7-5-11-14(9-30)28-22(23)29-20(11)32-21-17(24)15-10(8-26-21)2-3-12-16-13(27-18(12)15)4-6-25-19(16)31/h8,27H,2-7,9H2,1H3,(H,25,31). The van der Waals surface area contributed by atoms with Crippen molar-refractivity contribution in [2.75, 3.05) is 20.1 Å². The van der Waals surface area contributed by atoms with Gasteiger partial charge in [-0.25, -0.2) is 14.4 Å². The van der Waals surface area contributed by atoms with Gasteiger partial charge < -0.3 is 19.9 Å². The molecule has 3 aliphatic rings. The zero-order valence-corrected chi connectivity index (χ0v) is 18.1. The Morgan fingerprint density at radius 1 is 1.12 bits per heavy atom. The molecule has 164 valence electrons. The number of ether oxygens (including phenoxy) is 1. The second-order valence-corrected chi connectivity index (χ2v) is 8.77. The van der Waals surface area contributed by atoms with Crippen LogP contribution >= 0.6 is 11.6 Å². The molecule has 1 aliphatic carbocycles. The summed E-state index contributed by atoms with van der Waals surface area (Å²) in [4.78, 5) is 30.6. The lowest BCUT2D eigenvalue weighted by Crippen LogP contribution is -2.32. The molecule has 32 heavy (non-hydrogen) atoms. The third-order valence-electron chi connectivity index (χ3n) is 6.41. The lowest BCUT2D eigenvalue weighted by Gasteiger charge is -2.25. The average Bonchev–Trinajstić information content (AvgIpc) is 3.15. The van der Waals surface area contributed by atoms with Gasteiger partial charge in [-0.2, -0.15) is 4.98 Å². The number of aryl methyl sites for hydroxylation is 1. The molecule has 2 aliphatic heterocycles. The summed E-state index contributed by atoms with van der Waals surface area (Å²) in [5.41, 5.74) is 5.78. The van der Waals surface area contributed by atoms with Crippen molar-refractivity contribution in [3.05, 3.63) is 50.9 Å². The molecular weight excluding hydrogens is 435 g/mol. The van der Waals surface area contributed by atoms with E-state index in [2.05, 4.69) is 30.2 Å². The lowest BCUT2D eigenvalue weighted by molar-refractivity contribution is 0.0945. The Kier molecular flexibility index (Phi) is 4.44. The Morgan fingerprint density at radius 2 is 2.00 bits per heavy atom. The molecule has 0 spiro atoms. The van der Waals surface area contributed by atoms with Gasteiger partial charge in [0.15, 0.2) is 5.82 Å². The Hall–Kier alpha value is -3.04. The molecule has 0 aromatic carbocycles. The molecule has 0 atom stereocenters. The van der Waals surface area contributed by atoms with Crippen molar-refractivity contribution in [2.24, 2.45) is 0 Å². The molecule has 0 bridgehead atoms. The van der Waals surface area contributed by atoms with Crippen molar-refractivity contribution in [2.45, 2.75) is 32.2 Å². The number of nitrogens with one attached hydrogen (secondary N) is 2. The number of halogens is 2. The predicted octanol–water partition coefficient (Wildman–Crippen LogP) is 2.82. The summed E-state index contributed by atoms with van der Waals surface area (Å²) < 4.78 is 21.7. The van der Waals surface area contributed by atoms with Crippen molar-refractivity contribution in [1.29, 1.82) is 0 Å². The van der Waals surface area contributed by atoms with Gasteiger partial charge in [0.05, 0.1) is 17.0 Å². The van der Waals surface area contributed by atoms with Crippen LogP contribution in [0.2, 0.25) is 5.28 Å². The molecule has 0 unspecified atom stereocenters. The first-order valence-electron chi connectivity index (χ1n) is 10.6. The van der Waals surface area contributed by atoms with Crippen molar-refractivity contribution in [3.8, 4) is 23.0 Å². The highest BCUT2D eigenvalue weighted by Gasteiger charge is 2.33. The SMILES string of the molecule is CN1CCc2c(nc(Cl)nc2Oc2ncc3c(c2F)-c2[nH]c4c(c2CC3)C(=O)NCC4)C1. The minimum atomic E-state index is -0.570. The number of hydrogen-bond acceptors (Lipinski definition) is 6. The highest BCUT2D eigenvalue weighted by atomic mass is 35.5. The fourth-order valence-corrected chi connectivity index (χ4v) is 5.06. The van der Waals surface area contributed by atoms with Gasteiger partial charge in [0.25, 0.3) is 11.8 Å². The largest absolute Gasteiger partial charge is 0.417 e. The van der Waals surface area contributed by atoms with Crippen molar-refractivity contribution >= 4 is 17.5 Å². The number of carbonyl (C=O) groups is 1. The van der Waals surface area contributed by atoms with Crippen LogP contribution in [0.1, 0.15) is 38.4 Å². The van der Waals surface area contributed by atoms with E-state index in [1.54, 1.807) is 6.20 Å². The summed E-state index contributed by atoms with van der Waals surface area (Å²) in [6.07, 6.45) is 4.27. The summed E-state index contributed by atoms with van der Waals surface area (Å²) in [6.45, 7) is 2.00. The second kappa shape index (κ2) is 7.25. The molecule has 6 rings (SSSR count). The van der Waals surface area contributed by atoms with Gasteiger partial charge in [-0.3, -0.25) is 4.79 Å². The van der Waals surface area contributed by atoms with E-state index < -0.39 is 5.82 Å². The monoisotopic (exact) mass is 454 g/mol. The zero-order chi connectivity index (χ0) is 22.0. The van der Waals surface area contributed by atoms with E-state index in [4.69, 9.17) is 16.3 Å². The van der Waals surface area contributed by atoms with Crippen LogP contribution in [0.15, 0.2) is 6.20 Å². The number of amides is 1. The highest BCUT2D eigenvalue weighted by Crippen LogP contribution is 2.41. The lowest BCUT2D eigenvalue weighted by atomic mass is 9.88. The summed E-state index contributed by atoms with van der Waals surface area (Å²) in [7, 11) is 2.00. The number of likely N-dealkylation sites (N-methyl/N-ethyl adjacent to an activating group) is 1. The number of fused-ring (bicyclic) bond motifs is 6. The third-order valence-corrected chi connectivity index (χ3v) is 6.58. The van der Waals surface area contributed by atoms with E-state index in [1.165, 1.54) is 0 Å². The van der Waals surface area contributed by atoms with Gasteiger partial charge in [0.1, 0.15) is 0 Å². The predicted molar refractivity (Wildman–Crippen MR) is 115 cm³/mol. The number of pyridine rings is 1. The van der Waals surface area contributed by atoms with Crippen LogP contribution in [-0.4, -0.2) is 50.9 Å². The fourth-order valence-electron chi connectivity index (χ4n) is 4.88. The number of nitrogens with zero attached hydrogens (tertiary/aromatic N) is 4. The Bertz CT molecular complexity index is 1290. The first-order chi connectivity index (χ1) is 15.5. The molecule has 5 heterocycles.